The van der Waals surface area contributed by atoms with Gasteiger partial charge >= 0.3 is 0 Å². The van der Waals surface area contributed by atoms with Crippen molar-refractivity contribution >= 4 is 11.6 Å². The molecule has 0 heterocycles. The molecular weight excluding hydrogens is 289 g/mol. The molecule has 2 aromatic rings. The molecule has 0 amide bonds. The Labute approximate surface area is 119 Å². The second-order valence-corrected chi connectivity index (χ2v) is 4.83. The van der Waals surface area contributed by atoms with Crippen molar-refractivity contribution in [1.82, 2.24) is 0 Å². The number of hydrogen-bond acceptors (Lipinski definition) is 1. The van der Waals surface area contributed by atoms with Crippen LogP contribution in [0.25, 0.3) is 0 Å². The van der Waals surface area contributed by atoms with Crippen molar-refractivity contribution in [2.45, 2.75) is 11.8 Å². The molecule has 0 spiro atoms. The smallest absolute Gasteiger partial charge is 0.165 e. The topological polar surface area (TPSA) is 9.23 Å². The highest BCUT2D eigenvalue weighted by atomic mass is 35.5. The van der Waals surface area contributed by atoms with E-state index in [9.17, 15) is 13.2 Å². The number of rotatable bonds is 4. The van der Waals surface area contributed by atoms with Gasteiger partial charge in [0.2, 0.25) is 0 Å². The van der Waals surface area contributed by atoms with E-state index < -0.39 is 22.8 Å². The van der Waals surface area contributed by atoms with Gasteiger partial charge in [0.15, 0.2) is 11.6 Å². The van der Waals surface area contributed by atoms with Crippen LogP contribution < -0.4 is 4.74 Å². The van der Waals surface area contributed by atoms with E-state index in [-0.39, 0.29) is 17.7 Å². The van der Waals surface area contributed by atoms with E-state index in [0.717, 1.165) is 12.1 Å². The Kier molecular flexibility index (Phi) is 4.55. The fourth-order valence-electron chi connectivity index (χ4n) is 1.88. The van der Waals surface area contributed by atoms with E-state index >= 15 is 0 Å². The molecule has 106 valence electrons. The second kappa shape index (κ2) is 6.18. The van der Waals surface area contributed by atoms with Crippen molar-refractivity contribution in [2.75, 3.05) is 7.11 Å². The molecule has 0 fully saturated rings. The Morgan fingerprint density at radius 2 is 1.80 bits per heavy atom. The SMILES string of the molecule is COc1ccc(C(Cl)Cc2ccc(F)cc2F)cc1F. The largest absolute Gasteiger partial charge is 0.494 e. The lowest BCUT2D eigenvalue weighted by Gasteiger charge is -2.12. The molecule has 2 aromatic carbocycles. The Balaban J connectivity index is 2.19. The highest BCUT2D eigenvalue weighted by molar-refractivity contribution is 6.20. The third-order valence-corrected chi connectivity index (χ3v) is 3.36. The highest BCUT2D eigenvalue weighted by Crippen LogP contribution is 2.29. The summed E-state index contributed by atoms with van der Waals surface area (Å²) in [5, 5.41) is -0.615. The molecule has 20 heavy (non-hydrogen) atoms. The van der Waals surface area contributed by atoms with Gasteiger partial charge in [0.25, 0.3) is 0 Å². The average molecular weight is 301 g/mol. The maximum atomic E-state index is 13.6. The van der Waals surface area contributed by atoms with E-state index in [1.165, 1.54) is 25.3 Å². The first-order chi connectivity index (χ1) is 9.51. The molecular formula is C15H12ClF3O. The van der Waals surface area contributed by atoms with Gasteiger partial charge in [-0.2, -0.15) is 0 Å². The summed E-state index contributed by atoms with van der Waals surface area (Å²) in [5.74, 6) is -1.72. The van der Waals surface area contributed by atoms with Crippen LogP contribution in [-0.4, -0.2) is 7.11 Å². The van der Waals surface area contributed by atoms with Gasteiger partial charge in [-0.05, 0) is 35.7 Å². The van der Waals surface area contributed by atoms with Crippen LogP contribution in [0.4, 0.5) is 13.2 Å². The maximum absolute atomic E-state index is 13.6. The summed E-state index contributed by atoms with van der Waals surface area (Å²) in [6.45, 7) is 0. The summed E-state index contributed by atoms with van der Waals surface area (Å²) in [4.78, 5) is 0. The molecule has 1 atom stereocenters. The van der Waals surface area contributed by atoms with Crippen LogP contribution in [0.5, 0.6) is 5.75 Å². The average Bonchev–Trinajstić information content (AvgIpc) is 2.41. The zero-order valence-electron chi connectivity index (χ0n) is 10.7. The van der Waals surface area contributed by atoms with E-state index in [0.29, 0.717) is 5.56 Å². The predicted molar refractivity (Wildman–Crippen MR) is 71.6 cm³/mol. The van der Waals surface area contributed by atoms with Crippen molar-refractivity contribution in [2.24, 2.45) is 0 Å². The van der Waals surface area contributed by atoms with Gasteiger partial charge in [0, 0.05) is 6.07 Å². The molecule has 0 saturated heterocycles. The van der Waals surface area contributed by atoms with Crippen LogP contribution in [0.1, 0.15) is 16.5 Å². The minimum Gasteiger partial charge on any atom is -0.494 e. The Morgan fingerprint density at radius 1 is 1.05 bits per heavy atom. The van der Waals surface area contributed by atoms with Gasteiger partial charge in [-0.1, -0.05) is 12.1 Å². The Hall–Kier alpha value is -1.68. The fourth-order valence-corrected chi connectivity index (χ4v) is 2.18. The molecule has 0 saturated carbocycles. The predicted octanol–water partition coefficient (Wildman–Crippen LogP) is 4.64. The maximum Gasteiger partial charge on any atom is 0.165 e. The van der Waals surface area contributed by atoms with Gasteiger partial charge in [-0.25, -0.2) is 13.2 Å². The van der Waals surface area contributed by atoms with Crippen LogP contribution in [-0.2, 0) is 6.42 Å². The number of benzene rings is 2. The van der Waals surface area contributed by atoms with Gasteiger partial charge < -0.3 is 4.74 Å². The van der Waals surface area contributed by atoms with Crippen LogP contribution in [0.2, 0.25) is 0 Å². The minimum atomic E-state index is -0.662. The van der Waals surface area contributed by atoms with Crippen LogP contribution >= 0.6 is 11.6 Å². The van der Waals surface area contributed by atoms with Crippen LogP contribution in [0, 0.1) is 17.5 Å². The number of hydrogen-bond donors (Lipinski definition) is 0. The molecule has 0 aliphatic heterocycles. The van der Waals surface area contributed by atoms with Crippen molar-refractivity contribution in [3.05, 3.63) is 65.0 Å². The number of methoxy groups -OCH3 is 1. The zero-order valence-corrected chi connectivity index (χ0v) is 11.4. The van der Waals surface area contributed by atoms with Crippen molar-refractivity contribution in [1.29, 1.82) is 0 Å². The number of halogens is 4. The summed E-state index contributed by atoms with van der Waals surface area (Å²) < 4.78 is 44.7. The molecule has 2 rings (SSSR count). The zero-order chi connectivity index (χ0) is 14.7. The summed E-state index contributed by atoms with van der Waals surface area (Å²) >= 11 is 6.15. The summed E-state index contributed by atoms with van der Waals surface area (Å²) in [5.41, 5.74) is 0.788. The molecule has 0 aromatic heterocycles. The third-order valence-electron chi connectivity index (χ3n) is 2.95. The van der Waals surface area contributed by atoms with E-state index in [1.807, 2.05) is 0 Å². The molecule has 0 aliphatic rings. The molecule has 1 unspecified atom stereocenters. The second-order valence-electron chi connectivity index (χ2n) is 4.30. The van der Waals surface area contributed by atoms with E-state index in [1.54, 1.807) is 6.07 Å². The third kappa shape index (κ3) is 3.25. The fraction of sp³-hybridized carbons (Fsp3) is 0.200. The first-order valence-electron chi connectivity index (χ1n) is 5.92. The Bertz CT molecular complexity index is 616. The summed E-state index contributed by atoms with van der Waals surface area (Å²) in [6.07, 6.45) is 0.138. The molecule has 0 radical (unpaired) electrons. The quantitative estimate of drug-likeness (QED) is 0.748. The first-order valence-corrected chi connectivity index (χ1v) is 6.36. The molecule has 0 N–H and O–H groups in total. The van der Waals surface area contributed by atoms with E-state index in [4.69, 9.17) is 16.3 Å². The standard InChI is InChI=1S/C15H12ClF3O/c1-20-15-5-3-9(7-14(15)19)12(16)6-10-2-4-11(17)8-13(10)18/h2-5,7-8,12H,6H2,1H3. The monoisotopic (exact) mass is 300 g/mol. The van der Waals surface area contributed by atoms with Crippen molar-refractivity contribution in [3.63, 3.8) is 0 Å². The molecule has 1 nitrogen and oxygen atoms in total. The van der Waals surface area contributed by atoms with Gasteiger partial charge in [0.1, 0.15) is 11.6 Å². The van der Waals surface area contributed by atoms with Gasteiger partial charge in [-0.3, -0.25) is 0 Å². The molecule has 0 bridgehead atoms. The lowest BCUT2D eigenvalue weighted by molar-refractivity contribution is 0.386. The number of ether oxygens (including phenoxy) is 1. The first kappa shape index (κ1) is 14.7. The van der Waals surface area contributed by atoms with E-state index in [2.05, 4.69) is 0 Å². The van der Waals surface area contributed by atoms with Crippen LogP contribution in [0.3, 0.4) is 0 Å². The summed E-state index contributed by atoms with van der Waals surface area (Å²) in [7, 11) is 1.37. The summed E-state index contributed by atoms with van der Waals surface area (Å²) in [6, 6.07) is 7.62. The van der Waals surface area contributed by atoms with Crippen molar-refractivity contribution < 1.29 is 17.9 Å². The molecule has 0 aliphatic carbocycles. The van der Waals surface area contributed by atoms with Crippen LogP contribution in [0.15, 0.2) is 36.4 Å². The lowest BCUT2D eigenvalue weighted by atomic mass is 10.0. The van der Waals surface area contributed by atoms with Crippen molar-refractivity contribution in [3.8, 4) is 5.75 Å². The Morgan fingerprint density at radius 3 is 2.40 bits per heavy atom. The normalized spacial score (nSPS) is 12.2. The number of alkyl halides is 1. The lowest BCUT2D eigenvalue weighted by Crippen LogP contribution is -2.00. The molecule has 5 heteroatoms. The van der Waals surface area contributed by atoms with Gasteiger partial charge in [0.05, 0.1) is 12.5 Å². The highest BCUT2D eigenvalue weighted by Gasteiger charge is 2.14. The van der Waals surface area contributed by atoms with Gasteiger partial charge in [-0.15, -0.1) is 11.6 Å². The minimum absolute atomic E-state index is 0.116.